The number of carbonyl (C=O) groups excluding carboxylic acids is 1. The van der Waals surface area contributed by atoms with Crippen LogP contribution in [0.3, 0.4) is 0 Å². The molecule has 1 fully saturated rings. The largest absolute Gasteiger partial charge is 0.381 e. The van der Waals surface area contributed by atoms with Gasteiger partial charge in [-0.2, -0.15) is 0 Å². The first-order valence-electron chi connectivity index (χ1n) is 5.96. The van der Waals surface area contributed by atoms with Crippen molar-refractivity contribution in [2.24, 2.45) is 5.41 Å². The van der Waals surface area contributed by atoms with Gasteiger partial charge in [0.1, 0.15) is 5.82 Å². The van der Waals surface area contributed by atoms with Crippen LogP contribution in [0, 0.1) is 5.41 Å². The zero-order valence-corrected chi connectivity index (χ0v) is 10.3. The molecule has 1 aromatic heterocycles. The van der Waals surface area contributed by atoms with E-state index in [-0.39, 0.29) is 11.0 Å². The first kappa shape index (κ1) is 12.9. The fourth-order valence-corrected chi connectivity index (χ4v) is 2.05. The number of hydrogen-bond donors (Lipinski definition) is 2. The van der Waals surface area contributed by atoms with Gasteiger partial charge in [-0.3, -0.25) is 10.0 Å². The van der Waals surface area contributed by atoms with E-state index in [1.807, 2.05) is 0 Å². The Labute approximate surface area is 105 Å². The van der Waals surface area contributed by atoms with Gasteiger partial charge in [0.25, 0.3) is 5.91 Å². The van der Waals surface area contributed by atoms with Gasteiger partial charge >= 0.3 is 0 Å². The molecule has 0 atom stereocenters. The van der Waals surface area contributed by atoms with E-state index in [1.54, 1.807) is 5.48 Å². The summed E-state index contributed by atoms with van der Waals surface area (Å²) in [5.74, 6) is 0.118. The minimum atomic E-state index is -0.598. The highest BCUT2D eigenvalue weighted by atomic mass is 16.5. The summed E-state index contributed by atoms with van der Waals surface area (Å²) in [5, 5.41) is 8.49. The second-order valence-electron chi connectivity index (χ2n) is 4.93. The van der Waals surface area contributed by atoms with E-state index in [0.29, 0.717) is 5.82 Å². The second kappa shape index (κ2) is 5.41. The number of rotatable bonds is 3. The van der Waals surface area contributed by atoms with E-state index in [9.17, 15) is 4.79 Å². The van der Waals surface area contributed by atoms with Crippen molar-refractivity contribution in [3.63, 3.8) is 0 Å². The van der Waals surface area contributed by atoms with Crippen molar-refractivity contribution < 1.29 is 14.7 Å². The fraction of sp³-hybridized carbons (Fsp3) is 0.583. The minimum Gasteiger partial charge on any atom is -0.381 e. The first-order chi connectivity index (χ1) is 8.63. The molecule has 1 aromatic rings. The van der Waals surface area contributed by atoms with E-state index in [0.717, 1.165) is 32.5 Å². The average Bonchev–Trinajstić information content (AvgIpc) is 2.39. The lowest BCUT2D eigenvalue weighted by atomic mass is 9.79. The molecule has 6 heteroatoms. The van der Waals surface area contributed by atoms with Crippen LogP contribution in [0.1, 0.15) is 35.9 Å². The molecule has 0 aliphatic carbocycles. The highest BCUT2D eigenvalue weighted by Gasteiger charge is 2.28. The average molecular weight is 251 g/mol. The summed E-state index contributed by atoms with van der Waals surface area (Å²) in [4.78, 5) is 19.4. The van der Waals surface area contributed by atoms with Crippen LogP contribution >= 0.6 is 0 Å². The number of amides is 1. The zero-order chi connectivity index (χ0) is 13.0. The quantitative estimate of drug-likeness (QED) is 0.617. The fourth-order valence-electron chi connectivity index (χ4n) is 2.05. The van der Waals surface area contributed by atoms with Crippen molar-refractivity contribution in [3.05, 3.63) is 23.8 Å². The number of ether oxygens (including phenoxy) is 1. The first-order valence-corrected chi connectivity index (χ1v) is 5.96. The van der Waals surface area contributed by atoms with E-state index in [2.05, 4.69) is 16.9 Å². The predicted molar refractivity (Wildman–Crippen MR) is 63.1 cm³/mol. The normalized spacial score (nSPS) is 18.3. The third kappa shape index (κ3) is 3.02. The van der Waals surface area contributed by atoms with Crippen molar-refractivity contribution in [1.82, 2.24) is 15.4 Å². The van der Waals surface area contributed by atoms with Crippen LogP contribution < -0.4 is 5.48 Å². The van der Waals surface area contributed by atoms with Gasteiger partial charge in [0.15, 0.2) is 0 Å². The van der Waals surface area contributed by atoms with Crippen molar-refractivity contribution in [1.29, 1.82) is 0 Å². The number of hydroxylamine groups is 1. The molecule has 0 saturated carbocycles. The molecule has 1 aliphatic rings. The third-order valence-electron chi connectivity index (χ3n) is 3.35. The Morgan fingerprint density at radius 2 is 2.06 bits per heavy atom. The molecule has 0 radical (unpaired) electrons. The van der Waals surface area contributed by atoms with E-state index >= 15 is 0 Å². The van der Waals surface area contributed by atoms with Crippen LogP contribution in [0.2, 0.25) is 0 Å². The van der Waals surface area contributed by atoms with E-state index in [4.69, 9.17) is 9.94 Å². The highest BCUT2D eigenvalue weighted by Crippen LogP contribution is 2.32. The SMILES string of the molecule is CC1(Cc2ncc(C(=O)NO)cn2)CCOCC1. The Morgan fingerprint density at radius 1 is 1.44 bits per heavy atom. The molecule has 1 aliphatic heterocycles. The molecule has 2 N–H and O–H groups in total. The maximum Gasteiger partial charge on any atom is 0.277 e. The number of carbonyl (C=O) groups is 1. The summed E-state index contributed by atoms with van der Waals surface area (Å²) >= 11 is 0. The van der Waals surface area contributed by atoms with Crippen molar-refractivity contribution in [2.75, 3.05) is 13.2 Å². The van der Waals surface area contributed by atoms with Gasteiger partial charge < -0.3 is 4.74 Å². The summed E-state index contributed by atoms with van der Waals surface area (Å²) in [6.45, 7) is 3.76. The van der Waals surface area contributed by atoms with Gasteiger partial charge in [-0.1, -0.05) is 6.92 Å². The monoisotopic (exact) mass is 251 g/mol. The van der Waals surface area contributed by atoms with E-state index in [1.165, 1.54) is 12.4 Å². The summed E-state index contributed by atoms with van der Waals surface area (Å²) in [7, 11) is 0. The predicted octanol–water partition coefficient (Wildman–Crippen LogP) is 0.955. The van der Waals surface area contributed by atoms with Crippen LogP contribution in [-0.2, 0) is 11.2 Å². The van der Waals surface area contributed by atoms with Crippen LogP contribution in [-0.4, -0.2) is 34.3 Å². The lowest BCUT2D eigenvalue weighted by Gasteiger charge is -2.32. The van der Waals surface area contributed by atoms with Crippen molar-refractivity contribution in [2.45, 2.75) is 26.2 Å². The second-order valence-corrected chi connectivity index (χ2v) is 4.93. The van der Waals surface area contributed by atoms with Gasteiger partial charge in [0.05, 0.1) is 5.56 Å². The Morgan fingerprint density at radius 3 is 2.61 bits per heavy atom. The molecule has 0 bridgehead atoms. The maximum absolute atomic E-state index is 11.1. The summed E-state index contributed by atoms with van der Waals surface area (Å²) < 4.78 is 5.35. The minimum absolute atomic E-state index is 0.166. The van der Waals surface area contributed by atoms with Gasteiger partial charge in [-0.15, -0.1) is 0 Å². The van der Waals surface area contributed by atoms with Crippen molar-refractivity contribution in [3.8, 4) is 0 Å². The van der Waals surface area contributed by atoms with Gasteiger partial charge in [-0.05, 0) is 18.3 Å². The molecule has 98 valence electrons. The molecular formula is C12H17N3O3. The Kier molecular flexibility index (Phi) is 3.88. The lowest BCUT2D eigenvalue weighted by Crippen LogP contribution is -2.29. The number of nitrogens with zero attached hydrogens (tertiary/aromatic N) is 2. The van der Waals surface area contributed by atoms with Crippen LogP contribution in [0.5, 0.6) is 0 Å². The summed E-state index contributed by atoms with van der Waals surface area (Å²) in [6.07, 6.45) is 5.62. The van der Waals surface area contributed by atoms with Crippen LogP contribution in [0.4, 0.5) is 0 Å². The molecule has 1 amide bonds. The summed E-state index contributed by atoms with van der Waals surface area (Å²) in [5.41, 5.74) is 1.97. The summed E-state index contributed by atoms with van der Waals surface area (Å²) in [6, 6.07) is 0. The topological polar surface area (TPSA) is 84.3 Å². The van der Waals surface area contributed by atoms with Crippen LogP contribution in [0.15, 0.2) is 12.4 Å². The van der Waals surface area contributed by atoms with Crippen molar-refractivity contribution >= 4 is 5.91 Å². The molecule has 0 aromatic carbocycles. The molecule has 1 saturated heterocycles. The number of aromatic nitrogens is 2. The maximum atomic E-state index is 11.1. The molecule has 0 spiro atoms. The standard InChI is InChI=1S/C12H17N3O3/c1-12(2-4-18-5-3-12)6-10-13-7-9(8-14-10)11(16)15-17/h7-8,17H,2-6H2,1H3,(H,15,16). The molecule has 0 unspecified atom stereocenters. The number of nitrogens with one attached hydrogen (secondary N) is 1. The lowest BCUT2D eigenvalue weighted by molar-refractivity contribution is 0.0232. The van der Waals surface area contributed by atoms with Crippen LogP contribution in [0.25, 0.3) is 0 Å². The highest BCUT2D eigenvalue weighted by molar-refractivity contribution is 5.92. The van der Waals surface area contributed by atoms with Gasteiger partial charge in [0.2, 0.25) is 0 Å². The van der Waals surface area contributed by atoms with Gasteiger partial charge in [-0.25, -0.2) is 15.4 Å². The Hall–Kier alpha value is -1.53. The molecule has 18 heavy (non-hydrogen) atoms. The molecule has 2 heterocycles. The molecule has 6 nitrogen and oxygen atoms in total. The Balaban J connectivity index is 2.03. The van der Waals surface area contributed by atoms with E-state index < -0.39 is 5.91 Å². The Bertz CT molecular complexity index is 413. The number of hydrogen-bond acceptors (Lipinski definition) is 5. The zero-order valence-electron chi connectivity index (χ0n) is 10.3. The van der Waals surface area contributed by atoms with Gasteiger partial charge in [0, 0.05) is 32.0 Å². The molecular weight excluding hydrogens is 234 g/mol. The molecule has 2 rings (SSSR count). The smallest absolute Gasteiger partial charge is 0.277 e. The third-order valence-corrected chi connectivity index (χ3v) is 3.35.